The molecular formula is C16H19NO. The molecule has 1 unspecified atom stereocenters. The zero-order chi connectivity index (χ0) is 12.6. The van der Waals surface area contributed by atoms with Crippen LogP contribution in [0.4, 0.5) is 0 Å². The maximum Gasteiger partial charge on any atom is 0.0858 e. The summed E-state index contributed by atoms with van der Waals surface area (Å²) in [5.74, 6) is 0. The molecule has 1 aromatic heterocycles. The average Bonchev–Trinajstić information content (AvgIpc) is 2.85. The zero-order valence-corrected chi connectivity index (χ0v) is 10.8. The molecule has 0 spiro atoms. The molecule has 1 fully saturated rings. The fourth-order valence-electron chi connectivity index (χ4n) is 3.10. The van der Waals surface area contributed by atoms with E-state index >= 15 is 0 Å². The Balaban J connectivity index is 1.98. The van der Waals surface area contributed by atoms with E-state index in [2.05, 4.69) is 24.0 Å². The molecule has 1 aromatic carbocycles. The van der Waals surface area contributed by atoms with Gasteiger partial charge in [0.2, 0.25) is 0 Å². The van der Waals surface area contributed by atoms with E-state index in [-0.39, 0.29) is 5.41 Å². The number of hydrogen-bond donors (Lipinski definition) is 1. The van der Waals surface area contributed by atoms with Crippen molar-refractivity contribution in [3.05, 3.63) is 42.1 Å². The van der Waals surface area contributed by atoms with Crippen molar-refractivity contribution in [3.8, 4) is 0 Å². The molecule has 0 radical (unpaired) electrons. The quantitative estimate of drug-likeness (QED) is 0.866. The molecule has 18 heavy (non-hydrogen) atoms. The molecule has 0 aliphatic heterocycles. The summed E-state index contributed by atoms with van der Waals surface area (Å²) in [6.45, 7) is 2.19. The van der Waals surface area contributed by atoms with Crippen molar-refractivity contribution in [1.29, 1.82) is 0 Å². The number of benzene rings is 1. The van der Waals surface area contributed by atoms with Gasteiger partial charge >= 0.3 is 0 Å². The number of pyridine rings is 1. The van der Waals surface area contributed by atoms with Crippen LogP contribution >= 0.6 is 0 Å². The van der Waals surface area contributed by atoms with Crippen molar-refractivity contribution >= 4 is 10.9 Å². The Bertz CT molecular complexity index is 558. The van der Waals surface area contributed by atoms with Gasteiger partial charge in [-0.05, 0) is 36.0 Å². The number of fused-ring (bicyclic) bond motifs is 1. The monoisotopic (exact) mass is 241 g/mol. The predicted molar refractivity (Wildman–Crippen MR) is 73.3 cm³/mol. The summed E-state index contributed by atoms with van der Waals surface area (Å²) in [6, 6.07) is 10.1. The smallest absolute Gasteiger partial charge is 0.0858 e. The summed E-state index contributed by atoms with van der Waals surface area (Å²) in [4.78, 5) is 4.44. The first-order valence-corrected chi connectivity index (χ1v) is 6.72. The van der Waals surface area contributed by atoms with E-state index in [1.54, 1.807) is 0 Å². The molecule has 1 saturated carbocycles. The Morgan fingerprint density at radius 1 is 1.22 bits per heavy atom. The van der Waals surface area contributed by atoms with Crippen LogP contribution in [0.5, 0.6) is 0 Å². The van der Waals surface area contributed by atoms with Crippen LogP contribution in [0.3, 0.4) is 0 Å². The molecule has 2 heteroatoms. The van der Waals surface area contributed by atoms with Crippen LogP contribution in [0.1, 0.15) is 44.3 Å². The lowest BCUT2D eigenvalue weighted by atomic mass is 9.79. The highest BCUT2D eigenvalue weighted by molar-refractivity contribution is 5.78. The van der Waals surface area contributed by atoms with Crippen LogP contribution < -0.4 is 0 Å². The first-order valence-electron chi connectivity index (χ1n) is 6.72. The normalized spacial score (nSPS) is 20.1. The van der Waals surface area contributed by atoms with Gasteiger partial charge in [-0.15, -0.1) is 0 Å². The van der Waals surface area contributed by atoms with Gasteiger partial charge in [-0.25, -0.2) is 0 Å². The molecule has 3 rings (SSSR count). The Hall–Kier alpha value is -1.41. The Kier molecular flexibility index (Phi) is 2.83. The number of rotatable bonds is 2. The Morgan fingerprint density at radius 3 is 2.72 bits per heavy atom. The third-order valence-electron chi connectivity index (χ3n) is 4.33. The van der Waals surface area contributed by atoms with Gasteiger partial charge in [0.05, 0.1) is 11.6 Å². The minimum Gasteiger partial charge on any atom is -0.388 e. The molecule has 1 atom stereocenters. The first-order chi connectivity index (χ1) is 8.69. The van der Waals surface area contributed by atoms with Gasteiger partial charge in [-0.2, -0.15) is 0 Å². The van der Waals surface area contributed by atoms with Crippen LogP contribution in [-0.2, 0) is 0 Å². The second kappa shape index (κ2) is 4.36. The van der Waals surface area contributed by atoms with Gasteiger partial charge in [0.1, 0.15) is 0 Å². The van der Waals surface area contributed by atoms with Crippen molar-refractivity contribution in [1.82, 2.24) is 4.98 Å². The van der Waals surface area contributed by atoms with Crippen molar-refractivity contribution in [2.75, 3.05) is 0 Å². The van der Waals surface area contributed by atoms with Gasteiger partial charge in [0.15, 0.2) is 0 Å². The maximum absolute atomic E-state index is 10.6. The lowest BCUT2D eigenvalue weighted by Crippen LogP contribution is -2.22. The molecule has 2 nitrogen and oxygen atoms in total. The molecule has 1 aliphatic carbocycles. The fraction of sp³-hybridized carbons (Fsp3) is 0.438. The maximum atomic E-state index is 10.6. The molecule has 1 aliphatic rings. The van der Waals surface area contributed by atoms with Crippen LogP contribution in [-0.4, -0.2) is 10.1 Å². The standard InChI is InChI=1S/C16H19NO/c1-16(8-4-5-9-16)15(18)13-10-12-6-2-3-7-14(12)17-11-13/h2-3,6-7,10-11,15,18H,4-5,8-9H2,1H3. The van der Waals surface area contributed by atoms with Gasteiger partial charge in [-0.3, -0.25) is 4.98 Å². The van der Waals surface area contributed by atoms with Crippen molar-refractivity contribution in [3.63, 3.8) is 0 Å². The summed E-state index contributed by atoms with van der Waals surface area (Å²) < 4.78 is 0. The van der Waals surface area contributed by atoms with Gasteiger partial charge in [0.25, 0.3) is 0 Å². The van der Waals surface area contributed by atoms with Crippen LogP contribution in [0.2, 0.25) is 0 Å². The number of para-hydroxylation sites is 1. The third-order valence-corrected chi connectivity index (χ3v) is 4.33. The molecule has 1 N–H and O–H groups in total. The molecule has 0 amide bonds. The van der Waals surface area contributed by atoms with E-state index < -0.39 is 6.10 Å². The molecular weight excluding hydrogens is 222 g/mol. The van der Waals surface area contributed by atoms with E-state index in [0.717, 1.165) is 29.3 Å². The second-order valence-electron chi connectivity index (χ2n) is 5.73. The summed E-state index contributed by atoms with van der Waals surface area (Å²) in [5, 5.41) is 11.7. The van der Waals surface area contributed by atoms with Crippen molar-refractivity contribution < 1.29 is 5.11 Å². The average molecular weight is 241 g/mol. The van der Waals surface area contributed by atoms with E-state index in [1.165, 1.54) is 12.8 Å². The summed E-state index contributed by atoms with van der Waals surface area (Å²) in [7, 11) is 0. The van der Waals surface area contributed by atoms with E-state index in [4.69, 9.17) is 0 Å². The van der Waals surface area contributed by atoms with Crippen LogP contribution in [0.15, 0.2) is 36.5 Å². The highest BCUT2D eigenvalue weighted by Gasteiger charge is 2.36. The topological polar surface area (TPSA) is 33.1 Å². The SMILES string of the molecule is CC1(C(O)c2cnc3ccccc3c2)CCCC1. The van der Waals surface area contributed by atoms with Gasteiger partial charge in [0, 0.05) is 11.6 Å². The Labute approximate surface area is 108 Å². The second-order valence-corrected chi connectivity index (χ2v) is 5.73. The summed E-state index contributed by atoms with van der Waals surface area (Å²) >= 11 is 0. The van der Waals surface area contributed by atoms with Gasteiger partial charge in [-0.1, -0.05) is 38.0 Å². The molecule has 0 saturated heterocycles. The number of hydrogen-bond acceptors (Lipinski definition) is 2. The number of aromatic nitrogens is 1. The third kappa shape index (κ3) is 1.91. The lowest BCUT2D eigenvalue weighted by Gasteiger charge is -2.30. The lowest BCUT2D eigenvalue weighted by molar-refractivity contribution is 0.0407. The summed E-state index contributed by atoms with van der Waals surface area (Å²) in [5.41, 5.74) is 1.98. The van der Waals surface area contributed by atoms with Crippen molar-refractivity contribution in [2.24, 2.45) is 5.41 Å². The minimum atomic E-state index is -0.392. The molecule has 0 bridgehead atoms. The van der Waals surface area contributed by atoms with E-state index in [9.17, 15) is 5.11 Å². The molecule has 94 valence electrons. The number of nitrogens with zero attached hydrogens (tertiary/aromatic N) is 1. The van der Waals surface area contributed by atoms with Crippen molar-refractivity contribution in [2.45, 2.75) is 38.7 Å². The molecule has 2 aromatic rings. The largest absolute Gasteiger partial charge is 0.388 e. The highest BCUT2D eigenvalue weighted by Crippen LogP contribution is 2.47. The first kappa shape index (κ1) is 11.7. The molecule has 1 heterocycles. The fourth-order valence-corrected chi connectivity index (χ4v) is 3.10. The zero-order valence-electron chi connectivity index (χ0n) is 10.8. The predicted octanol–water partition coefficient (Wildman–Crippen LogP) is 3.85. The van der Waals surface area contributed by atoms with Crippen LogP contribution in [0.25, 0.3) is 10.9 Å². The van der Waals surface area contributed by atoms with E-state index in [1.807, 2.05) is 24.4 Å². The Morgan fingerprint density at radius 2 is 1.94 bits per heavy atom. The minimum absolute atomic E-state index is 0.0319. The van der Waals surface area contributed by atoms with Gasteiger partial charge < -0.3 is 5.11 Å². The van der Waals surface area contributed by atoms with Crippen LogP contribution in [0, 0.1) is 5.41 Å². The highest BCUT2D eigenvalue weighted by atomic mass is 16.3. The summed E-state index contributed by atoms with van der Waals surface area (Å²) in [6.07, 6.45) is 6.12. The number of aliphatic hydroxyl groups excluding tert-OH is 1. The van der Waals surface area contributed by atoms with E-state index in [0.29, 0.717) is 0 Å². The number of aliphatic hydroxyl groups is 1.